The first-order chi connectivity index (χ1) is 6.16. The fourth-order valence-electron chi connectivity index (χ4n) is 1.68. The number of rotatable bonds is 0. The summed E-state index contributed by atoms with van der Waals surface area (Å²) in [5.41, 5.74) is 9.05. The lowest BCUT2D eigenvalue weighted by Gasteiger charge is -2.24. The third kappa shape index (κ3) is 1.48. The van der Waals surface area contributed by atoms with Gasteiger partial charge in [-0.3, -0.25) is 0 Å². The van der Waals surface area contributed by atoms with E-state index in [1.807, 2.05) is 19.1 Å². The molecular weight excluding hydrogens is 162 g/mol. The fourth-order valence-corrected chi connectivity index (χ4v) is 1.68. The van der Waals surface area contributed by atoms with Gasteiger partial charge in [0.25, 0.3) is 0 Å². The number of aryl methyl sites for hydroxylation is 2. The molecule has 1 aliphatic rings. The molecule has 1 atom stereocenters. The van der Waals surface area contributed by atoms with Crippen LogP contribution in [-0.2, 0) is 6.42 Å². The van der Waals surface area contributed by atoms with Crippen molar-refractivity contribution in [1.82, 2.24) is 0 Å². The summed E-state index contributed by atoms with van der Waals surface area (Å²) in [6.07, 6.45) is 2.52. The first-order valence-electron chi connectivity index (χ1n) is 4.72. The molecule has 0 amide bonds. The lowest BCUT2D eigenvalue weighted by molar-refractivity contribution is 0.192. The number of fused-ring (bicyclic) bond motifs is 1. The van der Waals surface area contributed by atoms with Crippen molar-refractivity contribution in [2.24, 2.45) is 0 Å². The van der Waals surface area contributed by atoms with Crippen molar-refractivity contribution in [3.05, 3.63) is 23.3 Å². The number of nitrogen functional groups attached to an aromatic ring is 1. The zero-order valence-electron chi connectivity index (χ0n) is 8.13. The monoisotopic (exact) mass is 177 g/mol. The van der Waals surface area contributed by atoms with Crippen LogP contribution in [0.2, 0.25) is 0 Å². The van der Waals surface area contributed by atoms with Crippen LogP contribution in [-0.4, -0.2) is 6.10 Å². The van der Waals surface area contributed by atoms with Crippen LogP contribution >= 0.6 is 0 Å². The van der Waals surface area contributed by atoms with Crippen molar-refractivity contribution in [2.45, 2.75) is 32.8 Å². The van der Waals surface area contributed by atoms with E-state index in [1.165, 1.54) is 5.56 Å². The Labute approximate surface area is 78.7 Å². The van der Waals surface area contributed by atoms with E-state index in [2.05, 4.69) is 6.92 Å². The SMILES string of the molecule is Cc1cc2c(cc1N)CC[C@@H](C)O2. The Morgan fingerprint density at radius 2 is 2.23 bits per heavy atom. The van der Waals surface area contributed by atoms with Crippen LogP contribution < -0.4 is 10.5 Å². The molecule has 0 unspecified atom stereocenters. The maximum atomic E-state index is 5.82. The summed E-state index contributed by atoms with van der Waals surface area (Å²) >= 11 is 0. The summed E-state index contributed by atoms with van der Waals surface area (Å²) in [5, 5.41) is 0. The van der Waals surface area contributed by atoms with Crippen molar-refractivity contribution in [2.75, 3.05) is 5.73 Å². The molecule has 13 heavy (non-hydrogen) atoms. The molecule has 2 N–H and O–H groups in total. The van der Waals surface area contributed by atoms with Gasteiger partial charge in [0.15, 0.2) is 0 Å². The summed E-state index contributed by atoms with van der Waals surface area (Å²) in [4.78, 5) is 0. The predicted octanol–water partition coefficient (Wildman–Crippen LogP) is 2.29. The standard InChI is InChI=1S/C11H15NO/c1-7-5-11-9(6-10(7)12)4-3-8(2)13-11/h5-6,8H,3-4,12H2,1-2H3/t8-/m1/s1. The lowest BCUT2D eigenvalue weighted by Crippen LogP contribution is -2.19. The second-order valence-corrected chi connectivity index (χ2v) is 3.78. The molecule has 0 aromatic heterocycles. The van der Waals surface area contributed by atoms with Gasteiger partial charge in [-0.15, -0.1) is 0 Å². The third-order valence-electron chi connectivity index (χ3n) is 2.60. The van der Waals surface area contributed by atoms with Crippen LogP contribution in [0.15, 0.2) is 12.1 Å². The molecule has 0 spiro atoms. The average molecular weight is 177 g/mol. The Hall–Kier alpha value is -1.18. The van der Waals surface area contributed by atoms with Gasteiger partial charge >= 0.3 is 0 Å². The van der Waals surface area contributed by atoms with Gasteiger partial charge in [0, 0.05) is 5.69 Å². The molecule has 1 aromatic carbocycles. The maximum absolute atomic E-state index is 5.82. The number of anilines is 1. The van der Waals surface area contributed by atoms with Crippen molar-refractivity contribution >= 4 is 5.69 Å². The second-order valence-electron chi connectivity index (χ2n) is 3.78. The van der Waals surface area contributed by atoms with E-state index >= 15 is 0 Å². The number of nitrogens with two attached hydrogens (primary N) is 1. The number of benzene rings is 1. The molecule has 0 aliphatic carbocycles. The van der Waals surface area contributed by atoms with Crippen molar-refractivity contribution in [3.8, 4) is 5.75 Å². The molecular formula is C11H15NO. The molecule has 0 radical (unpaired) electrons. The molecule has 2 nitrogen and oxygen atoms in total. The van der Waals surface area contributed by atoms with Crippen LogP contribution in [0.3, 0.4) is 0 Å². The Balaban J connectivity index is 2.43. The van der Waals surface area contributed by atoms with Crippen molar-refractivity contribution < 1.29 is 4.74 Å². The van der Waals surface area contributed by atoms with Crippen molar-refractivity contribution in [1.29, 1.82) is 0 Å². The average Bonchev–Trinajstić information content (AvgIpc) is 2.08. The van der Waals surface area contributed by atoms with Gasteiger partial charge in [-0.25, -0.2) is 0 Å². The summed E-state index contributed by atoms with van der Waals surface area (Å²) in [7, 11) is 0. The molecule has 0 saturated heterocycles. The van der Waals surface area contributed by atoms with Crippen LogP contribution in [0.1, 0.15) is 24.5 Å². The summed E-state index contributed by atoms with van der Waals surface area (Å²) in [5.74, 6) is 1.02. The fraction of sp³-hybridized carbons (Fsp3) is 0.455. The number of hydrogen-bond acceptors (Lipinski definition) is 2. The molecule has 1 aliphatic heterocycles. The van der Waals surface area contributed by atoms with Crippen molar-refractivity contribution in [3.63, 3.8) is 0 Å². The highest BCUT2D eigenvalue weighted by atomic mass is 16.5. The van der Waals surface area contributed by atoms with Crippen LogP contribution in [0.4, 0.5) is 5.69 Å². The highest BCUT2D eigenvalue weighted by molar-refractivity contribution is 5.54. The van der Waals surface area contributed by atoms with Crippen LogP contribution in [0, 0.1) is 6.92 Å². The predicted molar refractivity (Wildman–Crippen MR) is 54.0 cm³/mol. The molecule has 2 heteroatoms. The van der Waals surface area contributed by atoms with Crippen LogP contribution in [0.5, 0.6) is 5.75 Å². The van der Waals surface area contributed by atoms with E-state index < -0.39 is 0 Å². The minimum atomic E-state index is 0.343. The summed E-state index contributed by atoms with van der Waals surface area (Å²) in [6, 6.07) is 4.08. The van der Waals surface area contributed by atoms with E-state index in [0.29, 0.717) is 6.10 Å². The van der Waals surface area contributed by atoms with E-state index in [-0.39, 0.29) is 0 Å². The zero-order valence-corrected chi connectivity index (χ0v) is 8.13. The molecule has 2 rings (SSSR count). The number of hydrogen-bond donors (Lipinski definition) is 1. The molecule has 1 aromatic rings. The quantitative estimate of drug-likeness (QED) is 0.617. The Bertz CT molecular complexity index is 333. The maximum Gasteiger partial charge on any atom is 0.123 e. The molecule has 0 bridgehead atoms. The van der Waals surface area contributed by atoms with Gasteiger partial charge in [0.05, 0.1) is 6.10 Å². The first kappa shape index (κ1) is 8.42. The van der Waals surface area contributed by atoms with Gasteiger partial charge in [-0.1, -0.05) is 0 Å². The molecule has 0 fully saturated rings. The molecule has 70 valence electrons. The second kappa shape index (κ2) is 2.95. The largest absolute Gasteiger partial charge is 0.490 e. The van der Waals surface area contributed by atoms with Gasteiger partial charge < -0.3 is 10.5 Å². The minimum absolute atomic E-state index is 0.343. The topological polar surface area (TPSA) is 35.2 Å². The van der Waals surface area contributed by atoms with Gasteiger partial charge in [0.2, 0.25) is 0 Å². The smallest absolute Gasteiger partial charge is 0.123 e. The Morgan fingerprint density at radius 3 is 3.00 bits per heavy atom. The van der Waals surface area contributed by atoms with Gasteiger partial charge in [-0.2, -0.15) is 0 Å². The first-order valence-corrected chi connectivity index (χ1v) is 4.72. The van der Waals surface area contributed by atoms with E-state index in [0.717, 1.165) is 29.8 Å². The Morgan fingerprint density at radius 1 is 1.46 bits per heavy atom. The van der Waals surface area contributed by atoms with Gasteiger partial charge in [0.1, 0.15) is 5.75 Å². The van der Waals surface area contributed by atoms with E-state index in [1.54, 1.807) is 0 Å². The minimum Gasteiger partial charge on any atom is -0.490 e. The van der Waals surface area contributed by atoms with E-state index in [4.69, 9.17) is 10.5 Å². The summed E-state index contributed by atoms with van der Waals surface area (Å²) < 4.78 is 5.71. The highest BCUT2D eigenvalue weighted by Crippen LogP contribution is 2.31. The molecule has 0 saturated carbocycles. The van der Waals surface area contributed by atoms with Crippen LogP contribution in [0.25, 0.3) is 0 Å². The Kier molecular flexibility index (Phi) is 1.91. The van der Waals surface area contributed by atoms with E-state index in [9.17, 15) is 0 Å². The number of ether oxygens (including phenoxy) is 1. The lowest BCUT2D eigenvalue weighted by atomic mass is 10.0. The molecule has 1 heterocycles. The summed E-state index contributed by atoms with van der Waals surface area (Å²) in [6.45, 7) is 4.12. The third-order valence-corrected chi connectivity index (χ3v) is 2.60. The zero-order chi connectivity index (χ0) is 9.42. The van der Waals surface area contributed by atoms with Gasteiger partial charge in [-0.05, 0) is 49.9 Å². The highest BCUT2D eigenvalue weighted by Gasteiger charge is 2.16. The normalized spacial score (nSPS) is 20.6.